The molecule has 2 atom stereocenters. The summed E-state index contributed by atoms with van der Waals surface area (Å²) >= 11 is 0. The molecule has 3 fully saturated rings. The number of aromatic hydroxyl groups is 1. The van der Waals surface area contributed by atoms with E-state index in [0.717, 1.165) is 61.4 Å². The number of phenolic OH excluding ortho intramolecular Hbond substituents is 1. The number of nitrogens with one attached hydrogen (secondary N) is 1. The van der Waals surface area contributed by atoms with Crippen molar-refractivity contribution in [2.24, 2.45) is 0 Å². The van der Waals surface area contributed by atoms with Gasteiger partial charge in [0.25, 0.3) is 0 Å². The molecule has 0 spiro atoms. The molecule has 2 aromatic heterocycles. The normalized spacial score (nSPS) is 22.9. The van der Waals surface area contributed by atoms with Gasteiger partial charge in [0.1, 0.15) is 35.6 Å². The third kappa shape index (κ3) is 4.83. The summed E-state index contributed by atoms with van der Waals surface area (Å²) in [6, 6.07) is 9.16. The lowest BCUT2D eigenvalue weighted by Crippen LogP contribution is -2.54. The Bertz CT molecular complexity index is 1730. The van der Waals surface area contributed by atoms with Gasteiger partial charge >= 0.3 is 6.01 Å². The van der Waals surface area contributed by atoms with Crippen LogP contribution in [0.1, 0.15) is 51.0 Å². The first kappa shape index (κ1) is 29.1. The Balaban J connectivity index is 1.33. The van der Waals surface area contributed by atoms with Crippen LogP contribution in [0, 0.1) is 5.82 Å². The fourth-order valence-electron chi connectivity index (χ4n) is 7.66. The summed E-state index contributed by atoms with van der Waals surface area (Å²) < 4.78 is 37.4. The summed E-state index contributed by atoms with van der Waals surface area (Å²) in [7, 11) is 4.16. The van der Waals surface area contributed by atoms with Crippen molar-refractivity contribution >= 4 is 27.5 Å². The first-order valence-electron chi connectivity index (χ1n) is 15.8. The predicted octanol–water partition coefficient (Wildman–Crippen LogP) is 6.10. The molecule has 8 nitrogen and oxygen atoms in total. The van der Waals surface area contributed by atoms with E-state index in [0.29, 0.717) is 36.3 Å². The van der Waals surface area contributed by atoms with E-state index in [2.05, 4.69) is 39.2 Å². The molecule has 0 amide bonds. The van der Waals surface area contributed by atoms with Crippen LogP contribution in [0.15, 0.2) is 36.5 Å². The average molecular weight is 603 g/mol. The van der Waals surface area contributed by atoms with Crippen LogP contribution in [-0.4, -0.2) is 87.4 Å². The van der Waals surface area contributed by atoms with E-state index in [4.69, 9.17) is 9.72 Å². The molecular formula is C34H40F2N6O2. The second-order valence-corrected chi connectivity index (χ2v) is 13.1. The molecule has 10 heteroatoms. The number of nitrogens with zero attached hydrogens (tertiary/aromatic N) is 5. The molecule has 4 heterocycles. The highest BCUT2D eigenvalue weighted by Gasteiger charge is 2.49. The Labute approximate surface area is 256 Å². The van der Waals surface area contributed by atoms with Crippen molar-refractivity contribution in [3.8, 4) is 23.0 Å². The molecule has 0 unspecified atom stereocenters. The number of pyridine rings is 1. The van der Waals surface area contributed by atoms with Crippen LogP contribution in [0.3, 0.4) is 0 Å². The summed E-state index contributed by atoms with van der Waals surface area (Å²) in [5.41, 5.74) is 1.35. The van der Waals surface area contributed by atoms with E-state index in [1.165, 1.54) is 0 Å². The minimum Gasteiger partial charge on any atom is -0.508 e. The molecule has 2 saturated heterocycles. The van der Waals surface area contributed by atoms with Gasteiger partial charge in [0, 0.05) is 36.8 Å². The van der Waals surface area contributed by atoms with Gasteiger partial charge in [0.05, 0.1) is 10.9 Å². The van der Waals surface area contributed by atoms with Crippen LogP contribution in [-0.2, 0) is 6.42 Å². The Kier molecular flexibility index (Phi) is 7.32. The highest BCUT2D eigenvalue weighted by Crippen LogP contribution is 2.42. The number of anilines is 1. The number of aromatic nitrogens is 3. The second-order valence-electron chi connectivity index (χ2n) is 13.1. The third-order valence-corrected chi connectivity index (χ3v) is 10.4. The minimum absolute atomic E-state index is 0.00939. The van der Waals surface area contributed by atoms with E-state index >= 15 is 4.39 Å². The summed E-state index contributed by atoms with van der Waals surface area (Å²) in [5.74, 6) is -0.109. The monoisotopic (exact) mass is 602 g/mol. The maximum atomic E-state index is 16.7. The van der Waals surface area contributed by atoms with Gasteiger partial charge in [0.15, 0.2) is 5.82 Å². The quantitative estimate of drug-likeness (QED) is 0.238. The second kappa shape index (κ2) is 11.1. The lowest BCUT2D eigenvalue weighted by molar-refractivity contribution is 0.0738. The summed E-state index contributed by atoms with van der Waals surface area (Å²) in [6.07, 6.45) is 7.01. The molecule has 1 saturated carbocycles. The zero-order valence-corrected chi connectivity index (χ0v) is 25.7. The molecule has 3 aliphatic rings. The number of benzene rings is 2. The van der Waals surface area contributed by atoms with Crippen molar-refractivity contribution in [2.75, 3.05) is 45.7 Å². The van der Waals surface area contributed by atoms with Gasteiger partial charge in [-0.15, -0.1) is 0 Å². The Morgan fingerprint density at radius 1 is 1.16 bits per heavy atom. The molecular weight excluding hydrogens is 562 g/mol. The van der Waals surface area contributed by atoms with Crippen molar-refractivity contribution in [1.82, 2.24) is 24.8 Å². The van der Waals surface area contributed by atoms with Crippen molar-refractivity contribution in [2.45, 2.75) is 69.1 Å². The SMILES string of the molecule is CCc1cccc2cc(O)cc(-c3ncc4c(NCC5(N(C)C)CCC5)nc(OC[C@@]56CCCN5C[C@H](F)C6)nc4c3F)c12. The van der Waals surface area contributed by atoms with Crippen LogP contribution in [0.2, 0.25) is 0 Å². The first-order chi connectivity index (χ1) is 21.2. The number of rotatable bonds is 9. The number of fused-ring (bicyclic) bond motifs is 3. The maximum absolute atomic E-state index is 16.7. The van der Waals surface area contributed by atoms with Gasteiger partial charge < -0.3 is 20.1 Å². The van der Waals surface area contributed by atoms with Crippen molar-refractivity contribution in [3.63, 3.8) is 0 Å². The fraction of sp³-hybridized carbons (Fsp3) is 0.500. The predicted molar refractivity (Wildman–Crippen MR) is 169 cm³/mol. The molecule has 0 bridgehead atoms. The van der Waals surface area contributed by atoms with E-state index in [1.54, 1.807) is 18.3 Å². The Hall–Kier alpha value is -3.63. The Morgan fingerprint density at radius 3 is 2.75 bits per heavy atom. The van der Waals surface area contributed by atoms with E-state index < -0.39 is 12.0 Å². The lowest BCUT2D eigenvalue weighted by Gasteiger charge is -2.47. The molecule has 232 valence electrons. The highest BCUT2D eigenvalue weighted by atomic mass is 19.1. The summed E-state index contributed by atoms with van der Waals surface area (Å²) in [5, 5.41) is 16.2. The van der Waals surface area contributed by atoms with Crippen LogP contribution in [0.4, 0.5) is 14.6 Å². The average Bonchev–Trinajstić information content (AvgIpc) is 3.50. The summed E-state index contributed by atoms with van der Waals surface area (Å²) in [6.45, 7) is 4.20. The zero-order chi connectivity index (χ0) is 30.6. The molecule has 2 aromatic carbocycles. The van der Waals surface area contributed by atoms with E-state index in [1.807, 2.05) is 25.1 Å². The van der Waals surface area contributed by atoms with Crippen molar-refractivity contribution in [1.29, 1.82) is 0 Å². The van der Waals surface area contributed by atoms with Gasteiger partial charge in [-0.1, -0.05) is 25.1 Å². The van der Waals surface area contributed by atoms with Crippen LogP contribution >= 0.6 is 0 Å². The smallest absolute Gasteiger partial charge is 0.319 e. The topological polar surface area (TPSA) is 86.6 Å². The standard InChI is InChI=1S/C34H40F2N6O2/c1-4-21-8-5-9-22-14-24(43)15-25(27(21)22)29-28(36)30-26(17-37-29)31(38-19-33(41(2)3)10-6-11-33)40-32(39-30)44-20-34-12-7-13-42(34)18-23(35)16-34/h5,8-9,14-15,17,23,43H,4,6-7,10-13,16,18-20H2,1-3H3,(H,38,39,40)/t23-,34+/m1/s1. The van der Waals surface area contributed by atoms with E-state index in [9.17, 15) is 9.50 Å². The maximum Gasteiger partial charge on any atom is 0.319 e. The number of halogens is 2. The first-order valence-corrected chi connectivity index (χ1v) is 15.8. The van der Waals surface area contributed by atoms with Crippen molar-refractivity contribution in [3.05, 3.63) is 47.9 Å². The number of alkyl halides is 1. The third-order valence-electron chi connectivity index (χ3n) is 10.4. The largest absolute Gasteiger partial charge is 0.508 e. The molecule has 7 rings (SSSR count). The number of hydrogen-bond acceptors (Lipinski definition) is 8. The van der Waals surface area contributed by atoms with Gasteiger partial charge in [0.2, 0.25) is 0 Å². The molecule has 44 heavy (non-hydrogen) atoms. The van der Waals surface area contributed by atoms with Gasteiger partial charge in [-0.3, -0.25) is 9.88 Å². The number of ether oxygens (including phenoxy) is 1. The van der Waals surface area contributed by atoms with Crippen molar-refractivity contribution < 1.29 is 18.6 Å². The minimum atomic E-state index is -0.880. The number of aryl methyl sites for hydroxylation is 1. The summed E-state index contributed by atoms with van der Waals surface area (Å²) in [4.78, 5) is 18.3. The Morgan fingerprint density at radius 2 is 2.00 bits per heavy atom. The molecule has 1 aliphatic carbocycles. The highest BCUT2D eigenvalue weighted by molar-refractivity contribution is 6.01. The van der Waals surface area contributed by atoms with Crippen LogP contribution in [0.5, 0.6) is 11.8 Å². The number of phenols is 1. The van der Waals surface area contributed by atoms with E-state index in [-0.39, 0.29) is 40.7 Å². The fourth-order valence-corrected chi connectivity index (χ4v) is 7.66. The number of likely N-dealkylation sites (N-methyl/N-ethyl adjacent to an activating group) is 1. The molecule has 0 radical (unpaired) electrons. The van der Waals surface area contributed by atoms with Crippen LogP contribution < -0.4 is 10.1 Å². The lowest BCUT2D eigenvalue weighted by atomic mass is 9.75. The molecule has 2 aliphatic heterocycles. The van der Waals surface area contributed by atoms with Gasteiger partial charge in [-0.25, -0.2) is 8.78 Å². The molecule has 2 N–H and O–H groups in total. The number of hydrogen-bond donors (Lipinski definition) is 2. The van der Waals surface area contributed by atoms with Gasteiger partial charge in [-0.2, -0.15) is 9.97 Å². The van der Waals surface area contributed by atoms with Gasteiger partial charge in [-0.05, 0) is 87.6 Å². The molecule has 4 aromatic rings. The van der Waals surface area contributed by atoms with Crippen LogP contribution in [0.25, 0.3) is 32.9 Å². The zero-order valence-electron chi connectivity index (χ0n) is 25.7.